The van der Waals surface area contributed by atoms with Crippen LogP contribution in [-0.2, 0) is 14.3 Å². The Kier molecular flexibility index (Phi) is 6.54. The number of para-hydroxylation sites is 1. The number of methoxy groups -OCH3 is 2. The van der Waals surface area contributed by atoms with Crippen LogP contribution < -0.4 is 29.1 Å². The quantitative estimate of drug-likeness (QED) is 0.206. The van der Waals surface area contributed by atoms with Gasteiger partial charge in [0.15, 0.2) is 35.0 Å². The van der Waals surface area contributed by atoms with Crippen LogP contribution >= 0.6 is 0 Å². The molecule has 1 aromatic heterocycles. The van der Waals surface area contributed by atoms with E-state index in [4.69, 9.17) is 32.8 Å². The lowest BCUT2D eigenvalue weighted by Gasteiger charge is -2.34. The van der Waals surface area contributed by atoms with Crippen LogP contribution in [0.25, 0.3) is 21.9 Å². The number of fused-ring (bicyclic) bond motifs is 4. The fraction of sp³-hybridized carbons (Fsp3) is 0.250. The smallest absolute Gasteiger partial charge is 0.308 e. The third-order valence-corrected chi connectivity index (χ3v) is 6.04. The van der Waals surface area contributed by atoms with Crippen molar-refractivity contribution >= 4 is 33.9 Å². The molecule has 1 aliphatic rings. The summed E-state index contributed by atoms with van der Waals surface area (Å²) in [6.45, 7) is 2.41. The van der Waals surface area contributed by atoms with Gasteiger partial charge in [0.2, 0.25) is 16.9 Å². The van der Waals surface area contributed by atoms with Crippen LogP contribution in [0.1, 0.15) is 25.5 Å². The highest BCUT2D eigenvalue weighted by atomic mass is 16.6. The highest BCUT2D eigenvalue weighted by molar-refractivity contribution is 5.95. The topological polar surface area (TPSA) is 120 Å². The van der Waals surface area contributed by atoms with Crippen molar-refractivity contribution in [2.75, 3.05) is 20.8 Å². The molecule has 10 nitrogen and oxygen atoms in total. The largest absolute Gasteiger partial charge is 0.493 e. The first-order valence-corrected chi connectivity index (χ1v) is 11.7. The lowest BCUT2D eigenvalue weighted by Crippen LogP contribution is -2.37. The Labute approximate surface area is 216 Å². The molecule has 0 radical (unpaired) electrons. The number of ether oxygens (including phenoxy) is 6. The van der Waals surface area contributed by atoms with E-state index in [9.17, 15) is 14.4 Å². The van der Waals surface area contributed by atoms with Crippen molar-refractivity contribution in [2.24, 2.45) is 0 Å². The molecule has 38 heavy (non-hydrogen) atoms. The molecule has 196 valence electrons. The van der Waals surface area contributed by atoms with E-state index >= 15 is 0 Å². The van der Waals surface area contributed by atoms with Gasteiger partial charge < -0.3 is 32.8 Å². The number of benzene rings is 3. The molecule has 5 rings (SSSR count). The predicted octanol–water partition coefficient (Wildman–Crippen LogP) is 4.33. The number of carbonyl (C=O) groups excluding carboxylic acids is 2. The van der Waals surface area contributed by atoms with Gasteiger partial charge in [0.05, 0.1) is 25.0 Å². The fourth-order valence-electron chi connectivity index (χ4n) is 4.36. The lowest BCUT2D eigenvalue weighted by atomic mass is 10.0. The van der Waals surface area contributed by atoms with Gasteiger partial charge in [0, 0.05) is 19.4 Å². The molecule has 10 heteroatoms. The fourth-order valence-corrected chi connectivity index (χ4v) is 4.36. The van der Waals surface area contributed by atoms with Gasteiger partial charge in [-0.2, -0.15) is 0 Å². The molecule has 1 aliphatic heterocycles. The second-order valence-electron chi connectivity index (χ2n) is 8.54. The monoisotopic (exact) mass is 520 g/mol. The van der Waals surface area contributed by atoms with E-state index < -0.39 is 24.1 Å². The summed E-state index contributed by atoms with van der Waals surface area (Å²) in [5.41, 5.74) is 0.891. The Morgan fingerprint density at radius 1 is 0.842 bits per heavy atom. The molecular weight excluding hydrogens is 496 g/mol. The van der Waals surface area contributed by atoms with Crippen molar-refractivity contribution in [3.8, 4) is 28.7 Å². The second kappa shape index (κ2) is 9.97. The maximum atomic E-state index is 13.3. The van der Waals surface area contributed by atoms with E-state index in [0.717, 1.165) is 0 Å². The van der Waals surface area contributed by atoms with Gasteiger partial charge >= 0.3 is 11.9 Å². The van der Waals surface area contributed by atoms with Crippen LogP contribution in [0.4, 0.5) is 0 Å². The summed E-state index contributed by atoms with van der Waals surface area (Å²) in [7, 11) is 2.89. The maximum absolute atomic E-state index is 13.3. The van der Waals surface area contributed by atoms with Crippen molar-refractivity contribution in [2.45, 2.75) is 26.1 Å². The maximum Gasteiger partial charge on any atom is 0.308 e. The molecule has 4 aromatic rings. The van der Waals surface area contributed by atoms with E-state index in [-0.39, 0.29) is 46.0 Å². The summed E-state index contributed by atoms with van der Waals surface area (Å²) in [4.78, 5) is 36.4. The summed E-state index contributed by atoms with van der Waals surface area (Å²) in [5.74, 6) is 0.143. The van der Waals surface area contributed by atoms with Gasteiger partial charge in [-0.15, -0.1) is 0 Å². The minimum atomic E-state index is -0.845. The standard InChI is InChI=1S/C28H24O10/c1-14(29)34-13-23-25(16-9-10-20(35-15(2)30)21(11-16)32-3)38-27-22(33-4)12-18-24(31)17-7-5-6-8-19(17)36-26(18)28(27)37-23/h5-12,23,25H,13H2,1-4H3. The molecule has 0 amide bonds. The normalized spacial score (nSPS) is 16.2. The van der Waals surface area contributed by atoms with Crippen LogP contribution in [0, 0.1) is 0 Å². The van der Waals surface area contributed by atoms with E-state index in [1.165, 1.54) is 28.1 Å². The number of hydrogen-bond donors (Lipinski definition) is 0. The van der Waals surface area contributed by atoms with Crippen LogP contribution in [0.15, 0.2) is 57.7 Å². The Balaban J connectivity index is 1.67. The first-order valence-electron chi connectivity index (χ1n) is 11.7. The average molecular weight is 520 g/mol. The van der Waals surface area contributed by atoms with Gasteiger partial charge in [-0.1, -0.05) is 18.2 Å². The van der Waals surface area contributed by atoms with E-state index in [1.807, 2.05) is 0 Å². The minimum Gasteiger partial charge on any atom is -0.493 e. The third kappa shape index (κ3) is 4.45. The number of carbonyl (C=O) groups is 2. The van der Waals surface area contributed by atoms with Crippen LogP contribution in [-0.4, -0.2) is 38.9 Å². The van der Waals surface area contributed by atoms with E-state index in [0.29, 0.717) is 22.3 Å². The Hall–Kier alpha value is -4.73. The molecule has 3 aromatic carbocycles. The zero-order chi connectivity index (χ0) is 27.0. The van der Waals surface area contributed by atoms with E-state index in [1.54, 1.807) is 48.5 Å². The summed E-state index contributed by atoms with van der Waals surface area (Å²) < 4.78 is 40.3. The van der Waals surface area contributed by atoms with Gasteiger partial charge in [0.25, 0.3) is 0 Å². The molecule has 2 heterocycles. The van der Waals surface area contributed by atoms with Crippen molar-refractivity contribution in [1.29, 1.82) is 0 Å². The first kappa shape index (κ1) is 24.9. The minimum absolute atomic E-state index is 0.152. The number of esters is 2. The SMILES string of the molecule is COc1cc(C2Oc3c(OC)cc4c(=O)c5ccccc5oc4c3OC2COC(C)=O)ccc1OC(C)=O. The van der Waals surface area contributed by atoms with Crippen molar-refractivity contribution in [1.82, 2.24) is 0 Å². The molecule has 0 aliphatic carbocycles. The van der Waals surface area contributed by atoms with Crippen LogP contribution in [0.3, 0.4) is 0 Å². The van der Waals surface area contributed by atoms with Crippen LogP contribution in [0.2, 0.25) is 0 Å². The van der Waals surface area contributed by atoms with E-state index in [2.05, 4.69) is 0 Å². The first-order chi connectivity index (χ1) is 18.3. The Morgan fingerprint density at radius 3 is 2.32 bits per heavy atom. The Bertz CT molecular complexity index is 1620. The molecule has 0 N–H and O–H groups in total. The molecule has 2 atom stereocenters. The van der Waals surface area contributed by atoms with Gasteiger partial charge in [-0.3, -0.25) is 14.4 Å². The third-order valence-electron chi connectivity index (χ3n) is 6.04. The zero-order valence-corrected chi connectivity index (χ0v) is 21.1. The lowest BCUT2D eigenvalue weighted by molar-refractivity contribution is -0.145. The molecule has 0 saturated heterocycles. The molecule has 0 bridgehead atoms. The summed E-state index contributed by atoms with van der Waals surface area (Å²) in [5, 5.41) is 0.660. The molecule has 2 unspecified atom stereocenters. The molecule has 0 spiro atoms. The van der Waals surface area contributed by atoms with Crippen molar-refractivity contribution in [3.05, 3.63) is 64.3 Å². The highest BCUT2D eigenvalue weighted by Crippen LogP contribution is 2.50. The average Bonchev–Trinajstić information content (AvgIpc) is 2.91. The van der Waals surface area contributed by atoms with Crippen molar-refractivity contribution < 1.29 is 42.4 Å². The molecule has 0 saturated carbocycles. The predicted molar refractivity (Wildman–Crippen MR) is 135 cm³/mol. The Morgan fingerprint density at radius 2 is 1.61 bits per heavy atom. The van der Waals surface area contributed by atoms with Crippen molar-refractivity contribution in [3.63, 3.8) is 0 Å². The number of hydrogen-bond acceptors (Lipinski definition) is 10. The highest BCUT2D eigenvalue weighted by Gasteiger charge is 2.38. The zero-order valence-electron chi connectivity index (χ0n) is 21.1. The number of rotatable bonds is 6. The molecular formula is C28H24O10. The second-order valence-corrected chi connectivity index (χ2v) is 8.54. The molecule has 0 fully saturated rings. The van der Waals surface area contributed by atoms with Gasteiger partial charge in [-0.05, 0) is 30.3 Å². The van der Waals surface area contributed by atoms with Gasteiger partial charge in [-0.25, -0.2) is 0 Å². The summed E-state index contributed by atoms with van der Waals surface area (Å²) >= 11 is 0. The van der Waals surface area contributed by atoms with Crippen LogP contribution in [0.5, 0.6) is 28.7 Å². The van der Waals surface area contributed by atoms with Gasteiger partial charge in [0.1, 0.15) is 12.2 Å². The summed E-state index contributed by atoms with van der Waals surface area (Å²) in [6, 6.07) is 13.3. The summed E-state index contributed by atoms with van der Waals surface area (Å²) in [6.07, 6.45) is -1.65.